The van der Waals surface area contributed by atoms with Crippen molar-refractivity contribution in [2.24, 2.45) is 20.5 Å². The largest absolute Gasteiger partial charge is 0.505 e. The fourth-order valence-corrected chi connectivity index (χ4v) is 7.85. The summed E-state index contributed by atoms with van der Waals surface area (Å²) in [7, 11) is -22.2. The zero-order valence-electron chi connectivity index (χ0n) is 26.6. The maximum atomic E-state index is 12.7. The Morgan fingerprint density at radius 2 is 1.25 bits per heavy atom. The first-order chi connectivity index (χ1) is 24.4. The quantitative estimate of drug-likeness (QED) is 0.0777. The minimum Gasteiger partial charge on any atom is -0.505 e. The molecule has 0 aliphatic carbocycles. The van der Waals surface area contributed by atoms with Crippen LogP contribution in [0.5, 0.6) is 11.5 Å². The second-order valence-electron chi connectivity index (χ2n) is 10.2. The lowest BCUT2D eigenvalue weighted by atomic mass is 10.1. The maximum Gasteiger partial charge on any atom is 0.397 e. The Kier molecular flexibility index (Phi) is 11.6. The lowest BCUT2D eigenvalue weighted by Crippen LogP contribution is -2.16. The Morgan fingerprint density at radius 3 is 1.81 bits per heavy atom. The standard InChI is InChI=1S/C26H25N5O17S5/c1-27-19-7-5-16-17(13-23(52(41,42)43)25(26(16)32)31-29-20-11-15(50(35,36)37)4-8-21(20)47-2)24(19)30-28-18-6-3-14(12-22(18)51(38,39)40)49(33,34)10-9-48-53(44,45)46/h3-8,11-13,27,32H,9-10H2,1-2H3,(H,35,36,37)(H,38,39,40)(H,41,42,43)(H,44,45,46)/b30-28+,31-29+. The van der Waals surface area contributed by atoms with Gasteiger partial charge in [0.1, 0.15) is 38.3 Å². The third-order valence-corrected chi connectivity index (χ3v) is 11.6. The second kappa shape index (κ2) is 15.0. The average Bonchev–Trinajstić information content (AvgIpc) is 3.04. The van der Waals surface area contributed by atoms with Gasteiger partial charge >= 0.3 is 10.4 Å². The van der Waals surface area contributed by atoms with Gasteiger partial charge in [-0.2, -0.15) is 33.7 Å². The molecule has 22 nitrogen and oxygen atoms in total. The Bertz CT molecular complexity index is 2750. The molecule has 0 heterocycles. The smallest absolute Gasteiger partial charge is 0.397 e. The number of nitrogens with zero attached hydrogens (tertiary/aromatic N) is 4. The van der Waals surface area contributed by atoms with E-state index < -0.39 is 99.7 Å². The van der Waals surface area contributed by atoms with Crippen LogP contribution in [0.25, 0.3) is 10.8 Å². The predicted molar refractivity (Wildman–Crippen MR) is 182 cm³/mol. The van der Waals surface area contributed by atoms with E-state index in [-0.39, 0.29) is 33.6 Å². The van der Waals surface area contributed by atoms with Crippen LogP contribution in [0.15, 0.2) is 94.6 Å². The van der Waals surface area contributed by atoms with Crippen LogP contribution in [0, 0.1) is 0 Å². The van der Waals surface area contributed by atoms with E-state index in [9.17, 15) is 60.9 Å². The summed E-state index contributed by atoms with van der Waals surface area (Å²) in [5.74, 6) is -2.07. The number of nitrogens with one attached hydrogen (secondary N) is 1. The molecule has 0 bridgehead atoms. The molecule has 6 N–H and O–H groups in total. The van der Waals surface area contributed by atoms with Gasteiger partial charge in [-0.1, -0.05) is 0 Å². The highest BCUT2D eigenvalue weighted by atomic mass is 32.3. The Hall–Kier alpha value is -4.71. The highest BCUT2D eigenvalue weighted by Crippen LogP contribution is 2.47. The molecule has 0 aliphatic heterocycles. The van der Waals surface area contributed by atoms with Crippen molar-refractivity contribution in [3.63, 3.8) is 0 Å². The van der Waals surface area contributed by atoms with Crippen molar-refractivity contribution in [2.45, 2.75) is 19.6 Å². The van der Waals surface area contributed by atoms with Crippen LogP contribution in [-0.2, 0) is 54.8 Å². The normalized spacial score (nSPS) is 13.2. The van der Waals surface area contributed by atoms with Crippen LogP contribution < -0.4 is 10.1 Å². The lowest BCUT2D eigenvalue weighted by Gasteiger charge is -2.13. The Labute approximate surface area is 301 Å². The summed E-state index contributed by atoms with van der Waals surface area (Å²) in [4.78, 5) is -3.54. The number of methoxy groups -OCH3 is 1. The van der Waals surface area contributed by atoms with E-state index in [0.29, 0.717) is 6.07 Å². The topological polar surface area (TPSA) is 352 Å². The molecule has 4 rings (SSSR count). The number of hydrogen-bond acceptors (Lipinski definition) is 18. The van der Waals surface area contributed by atoms with Gasteiger partial charge in [0.15, 0.2) is 15.6 Å². The van der Waals surface area contributed by atoms with E-state index in [1.165, 1.54) is 26.3 Å². The van der Waals surface area contributed by atoms with Crippen LogP contribution in [-0.4, -0.2) is 91.9 Å². The molecule has 286 valence electrons. The highest BCUT2D eigenvalue weighted by Gasteiger charge is 2.26. The zero-order chi connectivity index (χ0) is 39.7. The van der Waals surface area contributed by atoms with E-state index in [2.05, 4.69) is 30.0 Å². The molecule has 0 saturated carbocycles. The van der Waals surface area contributed by atoms with Crippen molar-refractivity contribution in [1.82, 2.24) is 0 Å². The summed E-state index contributed by atoms with van der Waals surface area (Å²) in [5.41, 5.74) is -2.12. The summed E-state index contributed by atoms with van der Waals surface area (Å²) in [6.07, 6.45) is 0. The van der Waals surface area contributed by atoms with Gasteiger partial charge in [-0.05, 0) is 54.6 Å². The van der Waals surface area contributed by atoms with Crippen molar-refractivity contribution in [1.29, 1.82) is 0 Å². The number of hydrogen-bond donors (Lipinski definition) is 6. The van der Waals surface area contributed by atoms with E-state index in [4.69, 9.17) is 9.29 Å². The van der Waals surface area contributed by atoms with Crippen LogP contribution in [0.4, 0.5) is 28.4 Å². The second-order valence-corrected chi connectivity index (χ2v) is 17.6. The molecule has 0 unspecified atom stereocenters. The molecular weight excluding hydrogens is 815 g/mol. The van der Waals surface area contributed by atoms with Crippen LogP contribution >= 0.6 is 0 Å². The molecule has 4 aromatic rings. The summed E-state index contributed by atoms with van der Waals surface area (Å²) < 4.78 is 167. The first kappa shape index (κ1) is 41.1. The molecule has 0 radical (unpaired) electrons. The van der Waals surface area contributed by atoms with Gasteiger partial charge in [-0.3, -0.25) is 18.2 Å². The van der Waals surface area contributed by atoms with Crippen LogP contribution in [0.1, 0.15) is 0 Å². The van der Waals surface area contributed by atoms with Crippen molar-refractivity contribution in [3.8, 4) is 11.5 Å². The molecule has 4 aromatic carbocycles. The minimum absolute atomic E-state index is 0.0644. The number of fused-ring (bicyclic) bond motifs is 1. The molecule has 0 amide bonds. The fraction of sp³-hybridized carbons (Fsp3) is 0.154. The maximum absolute atomic E-state index is 12.7. The van der Waals surface area contributed by atoms with Gasteiger partial charge in [0.2, 0.25) is 0 Å². The first-order valence-corrected chi connectivity index (χ1v) is 21.1. The summed E-state index contributed by atoms with van der Waals surface area (Å²) in [6, 6.07) is 8.34. The lowest BCUT2D eigenvalue weighted by molar-refractivity contribution is 0.284. The van der Waals surface area contributed by atoms with Crippen molar-refractivity contribution < 1.29 is 74.3 Å². The summed E-state index contributed by atoms with van der Waals surface area (Å²) in [6.45, 7) is -1.05. The number of sulfone groups is 1. The van der Waals surface area contributed by atoms with E-state index >= 15 is 0 Å². The van der Waals surface area contributed by atoms with Gasteiger partial charge in [-0.25, -0.2) is 12.6 Å². The van der Waals surface area contributed by atoms with Gasteiger partial charge in [-0.15, -0.1) is 20.5 Å². The molecule has 0 fully saturated rings. The SMILES string of the molecule is CNc1ccc2c(O)c(/N=N/c3cc(S(=O)(=O)O)ccc3OC)c(S(=O)(=O)O)cc2c1/N=N/c1ccc(S(=O)(=O)CCOS(=O)(=O)O)cc1S(=O)(=O)O. The third-order valence-electron chi connectivity index (χ3n) is 6.87. The molecule has 0 atom stereocenters. The molecule has 27 heteroatoms. The fourth-order valence-electron chi connectivity index (χ4n) is 4.47. The number of azo groups is 2. The first-order valence-electron chi connectivity index (χ1n) is 13.8. The van der Waals surface area contributed by atoms with Crippen molar-refractivity contribution in [2.75, 3.05) is 31.8 Å². The molecule has 0 saturated heterocycles. The molecular formula is C26H25N5O17S5. The predicted octanol–water partition coefficient (Wildman–Crippen LogP) is 3.76. The number of ether oxygens (including phenoxy) is 1. The number of benzene rings is 4. The third kappa shape index (κ3) is 9.64. The number of aromatic hydroxyl groups is 1. The van der Waals surface area contributed by atoms with Gasteiger partial charge in [0, 0.05) is 17.8 Å². The van der Waals surface area contributed by atoms with Gasteiger partial charge < -0.3 is 15.2 Å². The van der Waals surface area contributed by atoms with Crippen molar-refractivity contribution >= 4 is 89.8 Å². The van der Waals surface area contributed by atoms with Crippen LogP contribution in [0.3, 0.4) is 0 Å². The minimum atomic E-state index is -5.26. The number of phenolic OH excluding ortho intramolecular Hbond substituents is 1. The molecule has 53 heavy (non-hydrogen) atoms. The van der Waals surface area contributed by atoms with E-state index in [1.807, 2.05) is 0 Å². The summed E-state index contributed by atoms with van der Waals surface area (Å²) in [5, 5.41) is 28.6. The van der Waals surface area contributed by atoms with Gasteiger partial charge in [0.05, 0.1) is 34.9 Å². The number of rotatable bonds is 14. The number of anilines is 1. The Morgan fingerprint density at radius 1 is 0.642 bits per heavy atom. The monoisotopic (exact) mass is 839 g/mol. The van der Waals surface area contributed by atoms with Gasteiger partial charge in [0.25, 0.3) is 30.4 Å². The molecule has 0 aliphatic rings. The van der Waals surface area contributed by atoms with Crippen LogP contribution in [0.2, 0.25) is 0 Å². The van der Waals surface area contributed by atoms with E-state index in [1.54, 1.807) is 0 Å². The zero-order valence-corrected chi connectivity index (χ0v) is 30.7. The molecule has 0 spiro atoms. The van der Waals surface area contributed by atoms with Crippen molar-refractivity contribution in [3.05, 3.63) is 54.6 Å². The molecule has 0 aromatic heterocycles. The average molecular weight is 840 g/mol. The summed E-state index contributed by atoms with van der Waals surface area (Å²) >= 11 is 0. The Balaban J connectivity index is 1.90. The highest BCUT2D eigenvalue weighted by molar-refractivity contribution is 7.91. The van der Waals surface area contributed by atoms with E-state index in [0.717, 1.165) is 36.4 Å². The number of phenols is 1.